The Balaban J connectivity index is 1.91. The number of aromatic nitrogens is 4. The molecule has 1 N–H and O–H groups in total. The number of nitrogens with zero attached hydrogens (tertiary/aromatic N) is 4. The quantitative estimate of drug-likeness (QED) is 0.629. The van der Waals surface area contributed by atoms with Crippen molar-refractivity contribution in [2.24, 2.45) is 0 Å². The molecule has 0 spiro atoms. The smallest absolute Gasteiger partial charge is 0.213 e. The topological polar surface area (TPSA) is 63.8 Å². The highest BCUT2D eigenvalue weighted by molar-refractivity contribution is 5.84. The lowest BCUT2D eigenvalue weighted by Gasteiger charge is -2.06. The molecule has 0 fully saturated rings. The summed E-state index contributed by atoms with van der Waals surface area (Å²) in [5.41, 5.74) is 3.67. The van der Waals surface area contributed by atoms with Crippen LogP contribution in [0, 0.1) is 6.92 Å². The van der Waals surface area contributed by atoms with Crippen molar-refractivity contribution in [2.75, 3.05) is 0 Å². The third-order valence-corrected chi connectivity index (χ3v) is 3.98. The predicted molar refractivity (Wildman–Crippen MR) is 92.3 cm³/mol. The molecule has 3 heterocycles. The zero-order valence-corrected chi connectivity index (χ0v) is 13.2. The molecule has 118 valence electrons. The summed E-state index contributed by atoms with van der Waals surface area (Å²) in [4.78, 5) is 8.63. The molecule has 0 atom stereocenters. The minimum atomic E-state index is -0.00878. The van der Waals surface area contributed by atoms with Crippen LogP contribution in [0.25, 0.3) is 16.9 Å². The molecular formula is C19H16N4O. The first kappa shape index (κ1) is 14.4. The van der Waals surface area contributed by atoms with Gasteiger partial charge in [-0.1, -0.05) is 36.4 Å². The summed E-state index contributed by atoms with van der Waals surface area (Å²) in [5.74, 6) is 0.671. The van der Waals surface area contributed by atoms with Crippen LogP contribution >= 0.6 is 0 Å². The first-order valence-corrected chi connectivity index (χ1v) is 7.76. The highest BCUT2D eigenvalue weighted by Crippen LogP contribution is 2.28. The first-order valence-electron chi connectivity index (χ1n) is 7.76. The van der Waals surface area contributed by atoms with Crippen molar-refractivity contribution >= 4 is 11.0 Å². The lowest BCUT2D eigenvalue weighted by Crippen LogP contribution is -2.00. The minimum absolute atomic E-state index is 0.00878. The van der Waals surface area contributed by atoms with Gasteiger partial charge in [0.05, 0.1) is 5.69 Å². The van der Waals surface area contributed by atoms with Crippen molar-refractivity contribution in [3.05, 3.63) is 77.6 Å². The molecule has 0 aliphatic carbocycles. The van der Waals surface area contributed by atoms with Crippen molar-refractivity contribution < 1.29 is 5.11 Å². The molecule has 4 rings (SSSR count). The van der Waals surface area contributed by atoms with Gasteiger partial charge in [0.2, 0.25) is 5.88 Å². The molecule has 0 unspecified atom stereocenters. The fourth-order valence-corrected chi connectivity index (χ4v) is 2.96. The standard InChI is InChI=1S/C19H16N4O/c1-13-18-15(11-14-7-3-2-4-8-14)12-17(24)21-19(18)23(22-13)16-9-5-6-10-20-16/h2-10,12H,11H2,1H3,(H,21,24). The van der Waals surface area contributed by atoms with E-state index in [0.717, 1.165) is 16.6 Å². The molecular weight excluding hydrogens is 300 g/mol. The summed E-state index contributed by atoms with van der Waals surface area (Å²) in [7, 11) is 0. The maximum Gasteiger partial charge on any atom is 0.213 e. The van der Waals surface area contributed by atoms with Crippen LogP contribution in [0.3, 0.4) is 0 Å². The van der Waals surface area contributed by atoms with Crippen LogP contribution in [0.5, 0.6) is 5.88 Å². The average Bonchev–Trinajstić information content (AvgIpc) is 2.93. The van der Waals surface area contributed by atoms with E-state index in [-0.39, 0.29) is 5.88 Å². The largest absolute Gasteiger partial charge is 0.493 e. The summed E-state index contributed by atoms with van der Waals surface area (Å²) >= 11 is 0. The molecule has 5 heteroatoms. The van der Waals surface area contributed by atoms with Gasteiger partial charge < -0.3 is 5.11 Å². The van der Waals surface area contributed by atoms with Crippen LogP contribution in [0.15, 0.2) is 60.8 Å². The Labute approximate surface area is 139 Å². The van der Waals surface area contributed by atoms with Gasteiger partial charge in [-0.2, -0.15) is 14.8 Å². The molecule has 0 radical (unpaired) electrons. The number of hydrogen-bond donors (Lipinski definition) is 1. The third-order valence-electron chi connectivity index (χ3n) is 3.98. The molecule has 0 aliphatic rings. The molecule has 4 aromatic rings. The molecule has 24 heavy (non-hydrogen) atoms. The number of hydrogen-bond acceptors (Lipinski definition) is 4. The number of pyridine rings is 2. The van der Waals surface area contributed by atoms with Crippen LogP contribution < -0.4 is 0 Å². The van der Waals surface area contributed by atoms with Gasteiger partial charge in [0.25, 0.3) is 0 Å². The van der Waals surface area contributed by atoms with Crippen LogP contribution in [-0.4, -0.2) is 24.9 Å². The number of aromatic hydroxyl groups is 1. The van der Waals surface area contributed by atoms with E-state index in [9.17, 15) is 5.11 Å². The zero-order valence-electron chi connectivity index (χ0n) is 13.2. The monoisotopic (exact) mass is 316 g/mol. The Kier molecular flexibility index (Phi) is 3.46. The molecule has 0 saturated carbocycles. The number of rotatable bonds is 3. The number of aryl methyl sites for hydroxylation is 1. The lowest BCUT2D eigenvalue weighted by atomic mass is 10.0. The van der Waals surface area contributed by atoms with Crippen molar-refractivity contribution in [3.63, 3.8) is 0 Å². The van der Waals surface area contributed by atoms with Crippen molar-refractivity contribution in [1.29, 1.82) is 0 Å². The molecule has 3 aromatic heterocycles. The Morgan fingerprint density at radius 2 is 1.83 bits per heavy atom. The van der Waals surface area contributed by atoms with Crippen LogP contribution in [0.4, 0.5) is 0 Å². The number of fused-ring (bicyclic) bond motifs is 1. The van der Waals surface area contributed by atoms with Gasteiger partial charge in [-0.3, -0.25) is 0 Å². The molecule has 1 aromatic carbocycles. The SMILES string of the molecule is Cc1nn(-c2ccccn2)c2nc(O)cc(Cc3ccccc3)c12. The van der Waals surface area contributed by atoms with E-state index in [1.807, 2.05) is 43.3 Å². The third kappa shape index (κ3) is 2.50. The van der Waals surface area contributed by atoms with Gasteiger partial charge in [0, 0.05) is 17.6 Å². The Hall–Kier alpha value is -3.21. The first-order chi connectivity index (χ1) is 11.7. The molecule has 5 nitrogen and oxygen atoms in total. The molecule has 0 aliphatic heterocycles. The van der Waals surface area contributed by atoms with Gasteiger partial charge in [-0.05, 0) is 36.6 Å². The highest BCUT2D eigenvalue weighted by atomic mass is 16.3. The molecule has 0 saturated heterocycles. The van der Waals surface area contributed by atoms with E-state index < -0.39 is 0 Å². The maximum absolute atomic E-state index is 10.1. The second-order valence-electron chi connectivity index (χ2n) is 5.69. The van der Waals surface area contributed by atoms with Crippen molar-refractivity contribution in [3.8, 4) is 11.7 Å². The number of benzene rings is 1. The van der Waals surface area contributed by atoms with Gasteiger partial charge in [0.15, 0.2) is 11.5 Å². The fourth-order valence-electron chi connectivity index (χ4n) is 2.96. The summed E-state index contributed by atoms with van der Waals surface area (Å²) in [6.45, 7) is 1.95. The van der Waals surface area contributed by atoms with E-state index in [4.69, 9.17) is 0 Å². The van der Waals surface area contributed by atoms with E-state index in [1.165, 1.54) is 5.56 Å². The van der Waals surface area contributed by atoms with E-state index in [2.05, 4.69) is 27.2 Å². The van der Waals surface area contributed by atoms with Crippen LogP contribution in [-0.2, 0) is 6.42 Å². The fraction of sp³-hybridized carbons (Fsp3) is 0.105. The average molecular weight is 316 g/mol. The van der Waals surface area contributed by atoms with Crippen LogP contribution in [0.2, 0.25) is 0 Å². The second-order valence-corrected chi connectivity index (χ2v) is 5.69. The van der Waals surface area contributed by atoms with Gasteiger partial charge in [0.1, 0.15) is 0 Å². The summed E-state index contributed by atoms with van der Waals surface area (Å²) in [5, 5.41) is 15.6. The zero-order chi connectivity index (χ0) is 16.5. The predicted octanol–water partition coefficient (Wildman–Crippen LogP) is 3.42. The molecule has 0 amide bonds. The highest BCUT2D eigenvalue weighted by Gasteiger charge is 2.16. The van der Waals surface area contributed by atoms with Gasteiger partial charge in [-0.25, -0.2) is 4.98 Å². The van der Waals surface area contributed by atoms with Gasteiger partial charge in [-0.15, -0.1) is 0 Å². The minimum Gasteiger partial charge on any atom is -0.493 e. The second kappa shape index (κ2) is 5.77. The Morgan fingerprint density at radius 1 is 1.04 bits per heavy atom. The molecule has 0 bridgehead atoms. The summed E-state index contributed by atoms with van der Waals surface area (Å²) < 4.78 is 1.68. The van der Waals surface area contributed by atoms with Crippen LogP contribution in [0.1, 0.15) is 16.8 Å². The van der Waals surface area contributed by atoms with Crippen molar-refractivity contribution in [1.82, 2.24) is 19.7 Å². The van der Waals surface area contributed by atoms with E-state index >= 15 is 0 Å². The Bertz CT molecular complexity index is 994. The van der Waals surface area contributed by atoms with Crippen molar-refractivity contribution in [2.45, 2.75) is 13.3 Å². The Morgan fingerprint density at radius 3 is 2.58 bits per heavy atom. The maximum atomic E-state index is 10.1. The normalized spacial score (nSPS) is 11.0. The van der Waals surface area contributed by atoms with Gasteiger partial charge >= 0.3 is 0 Å². The summed E-state index contributed by atoms with van der Waals surface area (Å²) in [6, 6.07) is 17.5. The lowest BCUT2D eigenvalue weighted by molar-refractivity contribution is 0.454. The van der Waals surface area contributed by atoms with E-state index in [1.54, 1.807) is 16.9 Å². The summed E-state index contributed by atoms with van der Waals surface area (Å²) in [6.07, 6.45) is 2.42. The van der Waals surface area contributed by atoms with E-state index in [0.29, 0.717) is 17.9 Å².